The first-order valence-corrected chi connectivity index (χ1v) is 7.54. The van der Waals surface area contributed by atoms with Crippen molar-refractivity contribution in [2.24, 2.45) is 11.8 Å². The standard InChI is InChI=1S/C16H18N4O3/c1-10(19-15(21)13-6-7-14(13)16(22)23)11-2-4-12(5-3-11)20-9-17-8-18-20/h2-5,8-10,13-14H,6-7H2,1H3,(H,19,21)(H,22,23). The molecule has 120 valence electrons. The van der Waals surface area contributed by atoms with Crippen LogP contribution in [0.5, 0.6) is 0 Å². The lowest BCUT2D eigenvalue weighted by Gasteiger charge is -2.33. The van der Waals surface area contributed by atoms with Gasteiger partial charge in [-0.05, 0) is 37.5 Å². The van der Waals surface area contributed by atoms with Gasteiger partial charge in [0.15, 0.2) is 0 Å². The normalized spacial score (nSPS) is 21.3. The van der Waals surface area contributed by atoms with E-state index in [1.807, 2.05) is 31.2 Å². The lowest BCUT2D eigenvalue weighted by molar-refractivity contribution is -0.152. The molecule has 0 radical (unpaired) electrons. The molecule has 1 aliphatic carbocycles. The molecule has 3 unspecified atom stereocenters. The van der Waals surface area contributed by atoms with Crippen LogP contribution in [0.25, 0.3) is 5.69 Å². The average Bonchev–Trinajstić information content (AvgIpc) is 2.99. The van der Waals surface area contributed by atoms with E-state index in [1.54, 1.807) is 11.0 Å². The number of nitrogens with one attached hydrogen (secondary N) is 1. The van der Waals surface area contributed by atoms with E-state index in [0.717, 1.165) is 11.3 Å². The van der Waals surface area contributed by atoms with Crippen molar-refractivity contribution in [2.75, 3.05) is 0 Å². The zero-order valence-corrected chi connectivity index (χ0v) is 12.7. The minimum Gasteiger partial charge on any atom is -0.481 e. The first-order chi connectivity index (χ1) is 11.1. The molecular formula is C16H18N4O3. The molecule has 3 atom stereocenters. The highest BCUT2D eigenvalue weighted by Crippen LogP contribution is 2.35. The minimum atomic E-state index is -0.888. The van der Waals surface area contributed by atoms with Crippen LogP contribution in [0.2, 0.25) is 0 Å². The molecule has 1 aliphatic rings. The Morgan fingerprint density at radius 3 is 2.48 bits per heavy atom. The smallest absolute Gasteiger partial charge is 0.307 e. The monoisotopic (exact) mass is 314 g/mol. The van der Waals surface area contributed by atoms with Gasteiger partial charge in [-0.3, -0.25) is 9.59 Å². The molecule has 2 aromatic rings. The molecular weight excluding hydrogens is 296 g/mol. The highest BCUT2D eigenvalue weighted by molar-refractivity contribution is 5.86. The summed E-state index contributed by atoms with van der Waals surface area (Å²) in [7, 11) is 0. The summed E-state index contributed by atoms with van der Waals surface area (Å²) in [6.07, 6.45) is 4.30. The number of nitrogens with zero attached hydrogens (tertiary/aromatic N) is 3. The second kappa shape index (κ2) is 6.20. The number of aromatic nitrogens is 3. The minimum absolute atomic E-state index is 0.178. The Bertz CT molecular complexity index is 697. The van der Waals surface area contributed by atoms with E-state index in [4.69, 9.17) is 5.11 Å². The van der Waals surface area contributed by atoms with Gasteiger partial charge in [-0.25, -0.2) is 9.67 Å². The van der Waals surface area contributed by atoms with Crippen LogP contribution in [0.4, 0.5) is 0 Å². The zero-order chi connectivity index (χ0) is 16.4. The van der Waals surface area contributed by atoms with Crippen LogP contribution in [-0.2, 0) is 9.59 Å². The Kier molecular flexibility index (Phi) is 4.10. The highest BCUT2D eigenvalue weighted by atomic mass is 16.4. The predicted octanol–water partition coefficient (Wildman–Crippen LogP) is 1.56. The maximum absolute atomic E-state index is 12.2. The van der Waals surface area contributed by atoms with Crippen LogP contribution < -0.4 is 5.32 Å². The number of hydrogen-bond acceptors (Lipinski definition) is 4. The van der Waals surface area contributed by atoms with Crippen LogP contribution in [-0.4, -0.2) is 31.7 Å². The molecule has 1 heterocycles. The Morgan fingerprint density at radius 2 is 1.96 bits per heavy atom. The lowest BCUT2D eigenvalue weighted by atomic mass is 9.73. The van der Waals surface area contributed by atoms with Gasteiger partial charge in [0.05, 0.1) is 23.6 Å². The Labute approximate surface area is 133 Å². The lowest BCUT2D eigenvalue weighted by Crippen LogP contribution is -2.44. The molecule has 23 heavy (non-hydrogen) atoms. The number of carboxylic acids is 1. The summed E-state index contributed by atoms with van der Waals surface area (Å²) in [5.74, 6) is -2.03. The van der Waals surface area contributed by atoms with E-state index in [-0.39, 0.29) is 11.9 Å². The van der Waals surface area contributed by atoms with Gasteiger partial charge in [0.1, 0.15) is 12.7 Å². The van der Waals surface area contributed by atoms with Gasteiger partial charge in [-0.2, -0.15) is 5.10 Å². The molecule has 0 bridgehead atoms. The highest BCUT2D eigenvalue weighted by Gasteiger charge is 2.41. The quantitative estimate of drug-likeness (QED) is 0.873. The number of rotatable bonds is 5. The molecule has 0 spiro atoms. The van der Waals surface area contributed by atoms with Crippen LogP contribution >= 0.6 is 0 Å². The summed E-state index contributed by atoms with van der Waals surface area (Å²) in [6.45, 7) is 1.89. The summed E-state index contributed by atoms with van der Waals surface area (Å²) in [6, 6.07) is 7.45. The van der Waals surface area contributed by atoms with Crippen LogP contribution in [0.15, 0.2) is 36.9 Å². The molecule has 1 aromatic carbocycles. The summed E-state index contributed by atoms with van der Waals surface area (Å²) in [5, 5.41) is 16.0. The molecule has 1 aromatic heterocycles. The van der Waals surface area contributed by atoms with Gasteiger partial charge < -0.3 is 10.4 Å². The number of carbonyl (C=O) groups excluding carboxylic acids is 1. The number of carbonyl (C=O) groups is 2. The molecule has 0 aliphatic heterocycles. The average molecular weight is 314 g/mol. The van der Waals surface area contributed by atoms with Crippen LogP contribution in [0.1, 0.15) is 31.4 Å². The number of aliphatic carboxylic acids is 1. The number of carboxylic acid groups (broad SMARTS) is 1. The van der Waals surface area contributed by atoms with E-state index in [9.17, 15) is 9.59 Å². The molecule has 7 heteroatoms. The largest absolute Gasteiger partial charge is 0.481 e. The van der Waals surface area contributed by atoms with Crippen LogP contribution in [0, 0.1) is 11.8 Å². The topological polar surface area (TPSA) is 97.1 Å². The third kappa shape index (κ3) is 3.08. The first-order valence-electron chi connectivity index (χ1n) is 7.54. The van der Waals surface area contributed by atoms with Gasteiger partial charge >= 0.3 is 5.97 Å². The fourth-order valence-electron chi connectivity index (χ4n) is 2.77. The maximum Gasteiger partial charge on any atom is 0.307 e. The molecule has 7 nitrogen and oxygen atoms in total. The van der Waals surface area contributed by atoms with E-state index >= 15 is 0 Å². The van der Waals surface area contributed by atoms with Crippen molar-refractivity contribution in [2.45, 2.75) is 25.8 Å². The third-order valence-electron chi connectivity index (χ3n) is 4.36. The van der Waals surface area contributed by atoms with E-state index in [2.05, 4.69) is 15.4 Å². The van der Waals surface area contributed by atoms with E-state index in [1.165, 1.54) is 6.33 Å². The summed E-state index contributed by atoms with van der Waals surface area (Å²) in [5.41, 5.74) is 1.84. The van der Waals surface area contributed by atoms with Crippen molar-refractivity contribution in [1.29, 1.82) is 0 Å². The summed E-state index contributed by atoms with van der Waals surface area (Å²) >= 11 is 0. The Hall–Kier alpha value is -2.70. The summed E-state index contributed by atoms with van der Waals surface area (Å²) < 4.78 is 1.65. The molecule has 1 fully saturated rings. The molecule has 0 saturated heterocycles. The van der Waals surface area contributed by atoms with Crippen molar-refractivity contribution < 1.29 is 14.7 Å². The van der Waals surface area contributed by atoms with Crippen LogP contribution in [0.3, 0.4) is 0 Å². The zero-order valence-electron chi connectivity index (χ0n) is 12.7. The molecule has 1 saturated carbocycles. The van der Waals surface area contributed by atoms with Gasteiger partial charge in [0.25, 0.3) is 0 Å². The van der Waals surface area contributed by atoms with Gasteiger partial charge in [-0.1, -0.05) is 12.1 Å². The Balaban J connectivity index is 1.63. The van der Waals surface area contributed by atoms with Gasteiger partial charge in [0, 0.05) is 0 Å². The van der Waals surface area contributed by atoms with Gasteiger partial charge in [0.2, 0.25) is 5.91 Å². The van der Waals surface area contributed by atoms with E-state index in [0.29, 0.717) is 12.8 Å². The fourth-order valence-corrected chi connectivity index (χ4v) is 2.77. The number of amides is 1. The Morgan fingerprint density at radius 1 is 1.26 bits per heavy atom. The van der Waals surface area contributed by atoms with E-state index < -0.39 is 17.8 Å². The molecule has 3 rings (SSSR count). The maximum atomic E-state index is 12.2. The van der Waals surface area contributed by atoms with Crippen molar-refractivity contribution in [3.05, 3.63) is 42.5 Å². The van der Waals surface area contributed by atoms with Crippen molar-refractivity contribution in [1.82, 2.24) is 20.1 Å². The number of benzene rings is 1. The second-order valence-electron chi connectivity index (χ2n) is 5.79. The summed E-state index contributed by atoms with van der Waals surface area (Å²) in [4.78, 5) is 27.1. The third-order valence-corrected chi connectivity index (χ3v) is 4.36. The second-order valence-corrected chi connectivity index (χ2v) is 5.79. The van der Waals surface area contributed by atoms with Gasteiger partial charge in [-0.15, -0.1) is 0 Å². The SMILES string of the molecule is CC(NC(=O)C1CCC1C(=O)O)c1ccc(-n2cncn2)cc1. The molecule has 1 amide bonds. The van der Waals surface area contributed by atoms with Crippen molar-refractivity contribution in [3.63, 3.8) is 0 Å². The number of hydrogen-bond donors (Lipinski definition) is 2. The van der Waals surface area contributed by atoms with Crippen molar-refractivity contribution >= 4 is 11.9 Å². The van der Waals surface area contributed by atoms with Crippen molar-refractivity contribution in [3.8, 4) is 5.69 Å². The first kappa shape index (κ1) is 15.2. The molecule has 2 N–H and O–H groups in total. The predicted molar refractivity (Wildman–Crippen MR) is 81.8 cm³/mol. The fraction of sp³-hybridized carbons (Fsp3) is 0.375.